The second-order valence-electron chi connectivity index (χ2n) is 3.54. The maximum Gasteiger partial charge on any atom is 0.273 e. The van der Waals surface area contributed by atoms with E-state index in [1.54, 1.807) is 6.92 Å². The largest absolute Gasteiger partial charge is 0.399 e. The van der Waals surface area contributed by atoms with Crippen molar-refractivity contribution in [1.29, 1.82) is 0 Å². The van der Waals surface area contributed by atoms with Crippen molar-refractivity contribution in [3.8, 4) is 0 Å². The van der Waals surface area contributed by atoms with Gasteiger partial charge < -0.3 is 10.2 Å². The van der Waals surface area contributed by atoms with Crippen molar-refractivity contribution in [2.24, 2.45) is 5.16 Å². The summed E-state index contributed by atoms with van der Waals surface area (Å²) in [6.45, 7) is 3.57. The van der Waals surface area contributed by atoms with Gasteiger partial charge in [0.25, 0.3) is 5.91 Å². The summed E-state index contributed by atoms with van der Waals surface area (Å²) in [5.41, 5.74) is 3.26. The molecule has 1 N–H and O–H groups in total. The Morgan fingerprint density at radius 1 is 1.53 bits per heavy atom. The van der Waals surface area contributed by atoms with Crippen LogP contribution in [-0.4, -0.2) is 18.7 Å². The fourth-order valence-corrected chi connectivity index (χ4v) is 1.96. The Hall–Kier alpha value is -1.36. The summed E-state index contributed by atoms with van der Waals surface area (Å²) in [6, 6.07) is 5.78. The first-order chi connectivity index (χ1) is 8.10. The van der Waals surface area contributed by atoms with E-state index in [1.165, 1.54) is 7.11 Å². The van der Waals surface area contributed by atoms with Crippen LogP contribution in [0.25, 0.3) is 0 Å². The SMILES string of the molecule is CO/N=C(\C)C(=O)Nc1cccc(CBr)c1C. The zero-order valence-electron chi connectivity index (χ0n) is 10.1. The Balaban J connectivity index is 2.89. The minimum atomic E-state index is -0.262. The number of carbonyl (C=O) groups is 1. The number of hydrogen-bond acceptors (Lipinski definition) is 3. The lowest BCUT2D eigenvalue weighted by Crippen LogP contribution is -2.21. The van der Waals surface area contributed by atoms with E-state index < -0.39 is 0 Å². The van der Waals surface area contributed by atoms with E-state index in [9.17, 15) is 4.79 Å². The highest BCUT2D eigenvalue weighted by molar-refractivity contribution is 9.08. The van der Waals surface area contributed by atoms with E-state index in [2.05, 4.69) is 31.2 Å². The summed E-state index contributed by atoms with van der Waals surface area (Å²) in [6.07, 6.45) is 0. The number of anilines is 1. The first kappa shape index (κ1) is 13.7. The molecule has 0 heterocycles. The number of amides is 1. The molecule has 1 aromatic carbocycles. The van der Waals surface area contributed by atoms with E-state index in [0.29, 0.717) is 0 Å². The molecule has 4 nitrogen and oxygen atoms in total. The van der Waals surface area contributed by atoms with Gasteiger partial charge in [0.2, 0.25) is 0 Å². The van der Waals surface area contributed by atoms with Gasteiger partial charge in [-0.3, -0.25) is 4.79 Å². The molecule has 0 saturated heterocycles. The summed E-state index contributed by atoms with van der Waals surface area (Å²) < 4.78 is 0. The molecular weight excluding hydrogens is 284 g/mol. The van der Waals surface area contributed by atoms with Gasteiger partial charge in [-0.2, -0.15) is 0 Å². The third kappa shape index (κ3) is 3.56. The molecular formula is C12H15BrN2O2. The Bertz CT molecular complexity index is 444. The number of carbonyl (C=O) groups excluding carboxylic acids is 1. The van der Waals surface area contributed by atoms with Crippen LogP contribution in [0.1, 0.15) is 18.1 Å². The summed E-state index contributed by atoms with van der Waals surface area (Å²) in [5, 5.41) is 7.14. The standard InChI is InChI=1S/C12H15BrN2O2/c1-8-10(7-13)5-4-6-11(8)14-12(16)9(2)15-17-3/h4-6H,7H2,1-3H3,(H,14,16)/b15-9+. The normalized spacial score (nSPS) is 11.2. The minimum Gasteiger partial charge on any atom is -0.399 e. The summed E-state index contributed by atoms with van der Waals surface area (Å²) >= 11 is 3.41. The van der Waals surface area contributed by atoms with Crippen LogP contribution in [0.4, 0.5) is 5.69 Å². The molecule has 0 bridgehead atoms. The van der Waals surface area contributed by atoms with Crippen LogP contribution in [0, 0.1) is 6.92 Å². The van der Waals surface area contributed by atoms with Gasteiger partial charge >= 0.3 is 0 Å². The molecule has 0 spiro atoms. The highest BCUT2D eigenvalue weighted by Gasteiger charge is 2.10. The molecule has 0 fully saturated rings. The molecule has 1 amide bonds. The quantitative estimate of drug-likeness (QED) is 0.528. The van der Waals surface area contributed by atoms with Crippen LogP contribution in [0.5, 0.6) is 0 Å². The molecule has 0 aliphatic rings. The third-order valence-electron chi connectivity index (χ3n) is 2.39. The van der Waals surface area contributed by atoms with Crippen molar-refractivity contribution in [2.75, 3.05) is 12.4 Å². The number of halogens is 1. The lowest BCUT2D eigenvalue weighted by Gasteiger charge is -2.10. The first-order valence-corrected chi connectivity index (χ1v) is 6.25. The van der Waals surface area contributed by atoms with E-state index in [1.807, 2.05) is 25.1 Å². The van der Waals surface area contributed by atoms with Crippen LogP contribution < -0.4 is 5.32 Å². The molecule has 1 rings (SSSR count). The number of nitrogens with one attached hydrogen (secondary N) is 1. The summed E-state index contributed by atoms with van der Waals surface area (Å²) in [5.74, 6) is -0.262. The van der Waals surface area contributed by atoms with E-state index >= 15 is 0 Å². The fourth-order valence-electron chi connectivity index (χ4n) is 1.35. The van der Waals surface area contributed by atoms with Crippen molar-refractivity contribution in [3.05, 3.63) is 29.3 Å². The Labute approximate surface area is 109 Å². The van der Waals surface area contributed by atoms with Gasteiger partial charge in [0.1, 0.15) is 12.8 Å². The van der Waals surface area contributed by atoms with Gasteiger partial charge in [-0.15, -0.1) is 0 Å². The highest BCUT2D eigenvalue weighted by atomic mass is 79.9. The van der Waals surface area contributed by atoms with Crippen LogP contribution in [0.15, 0.2) is 23.4 Å². The number of benzene rings is 1. The molecule has 0 aliphatic heterocycles. The van der Waals surface area contributed by atoms with Crippen LogP contribution in [0.2, 0.25) is 0 Å². The predicted molar refractivity (Wildman–Crippen MR) is 72.6 cm³/mol. The fraction of sp³-hybridized carbons (Fsp3) is 0.333. The average Bonchev–Trinajstić information content (AvgIpc) is 2.32. The van der Waals surface area contributed by atoms with Crippen LogP contribution >= 0.6 is 15.9 Å². The topological polar surface area (TPSA) is 50.7 Å². The minimum absolute atomic E-state index is 0.262. The van der Waals surface area contributed by atoms with Crippen molar-refractivity contribution in [2.45, 2.75) is 19.2 Å². The second kappa shape index (κ2) is 6.39. The number of rotatable bonds is 4. The second-order valence-corrected chi connectivity index (χ2v) is 4.10. The van der Waals surface area contributed by atoms with E-state index in [0.717, 1.165) is 22.1 Å². The van der Waals surface area contributed by atoms with E-state index in [-0.39, 0.29) is 11.6 Å². The van der Waals surface area contributed by atoms with Crippen molar-refractivity contribution >= 4 is 33.2 Å². The number of alkyl halides is 1. The maximum atomic E-state index is 11.7. The molecule has 0 radical (unpaired) electrons. The van der Waals surface area contributed by atoms with Crippen molar-refractivity contribution < 1.29 is 9.63 Å². The molecule has 0 aliphatic carbocycles. The third-order valence-corrected chi connectivity index (χ3v) is 3.00. The monoisotopic (exact) mass is 298 g/mol. The van der Waals surface area contributed by atoms with Crippen molar-refractivity contribution in [3.63, 3.8) is 0 Å². The molecule has 5 heteroatoms. The summed E-state index contributed by atoms with van der Waals surface area (Å²) in [4.78, 5) is 16.3. The molecule has 0 aromatic heterocycles. The predicted octanol–water partition coefficient (Wildman–Crippen LogP) is 2.85. The Kier molecular flexibility index (Phi) is 5.15. The first-order valence-electron chi connectivity index (χ1n) is 5.13. The maximum absolute atomic E-state index is 11.7. The smallest absolute Gasteiger partial charge is 0.273 e. The zero-order valence-corrected chi connectivity index (χ0v) is 11.7. The molecule has 17 heavy (non-hydrogen) atoms. The molecule has 0 saturated carbocycles. The zero-order chi connectivity index (χ0) is 12.8. The van der Waals surface area contributed by atoms with Gasteiger partial charge in [-0.05, 0) is 31.0 Å². The van der Waals surface area contributed by atoms with Crippen LogP contribution in [0.3, 0.4) is 0 Å². The number of nitrogens with zero attached hydrogens (tertiary/aromatic N) is 1. The molecule has 92 valence electrons. The molecule has 0 unspecified atom stereocenters. The van der Waals surface area contributed by atoms with Gasteiger partial charge in [0.15, 0.2) is 0 Å². The lowest BCUT2D eigenvalue weighted by molar-refractivity contribution is -0.110. The van der Waals surface area contributed by atoms with E-state index in [4.69, 9.17) is 0 Å². The van der Waals surface area contributed by atoms with Crippen LogP contribution in [-0.2, 0) is 15.0 Å². The number of hydrogen-bond donors (Lipinski definition) is 1. The number of oxime groups is 1. The highest BCUT2D eigenvalue weighted by Crippen LogP contribution is 2.20. The molecule has 1 aromatic rings. The van der Waals surface area contributed by atoms with Gasteiger partial charge in [0.05, 0.1) is 0 Å². The van der Waals surface area contributed by atoms with Gasteiger partial charge in [-0.25, -0.2) is 0 Å². The van der Waals surface area contributed by atoms with Gasteiger partial charge in [0, 0.05) is 11.0 Å². The molecule has 0 atom stereocenters. The lowest BCUT2D eigenvalue weighted by atomic mass is 10.1. The van der Waals surface area contributed by atoms with Gasteiger partial charge in [-0.1, -0.05) is 33.2 Å². The van der Waals surface area contributed by atoms with Crippen molar-refractivity contribution in [1.82, 2.24) is 0 Å². The Morgan fingerprint density at radius 3 is 2.82 bits per heavy atom. The summed E-state index contributed by atoms with van der Waals surface area (Å²) in [7, 11) is 1.41. The average molecular weight is 299 g/mol. The Morgan fingerprint density at radius 2 is 2.24 bits per heavy atom.